The number of benzene rings is 1. The fraction of sp³-hybridized carbons (Fsp3) is 0.222. The number of sulfone groups is 1. The minimum Gasteiger partial charge on any atom is -0.338 e. The van der Waals surface area contributed by atoms with Gasteiger partial charge in [0.05, 0.1) is 4.90 Å². The predicted octanol–water partition coefficient (Wildman–Crippen LogP) is 1.90. The van der Waals surface area contributed by atoms with Gasteiger partial charge in [-0.05, 0) is 12.1 Å². The van der Waals surface area contributed by atoms with Crippen LogP contribution >= 0.6 is 34.8 Å². The lowest BCUT2D eigenvalue weighted by Crippen LogP contribution is -2.45. The third-order valence-electron chi connectivity index (χ3n) is 1.90. The molecule has 1 N–H and O–H groups in total. The second-order valence-electron chi connectivity index (χ2n) is 3.06. The van der Waals surface area contributed by atoms with Gasteiger partial charge >= 0.3 is 0 Å². The Bertz CT molecular complexity index is 484. The molecule has 0 radical (unpaired) electrons. The Balaban J connectivity index is 3.24. The van der Waals surface area contributed by atoms with Gasteiger partial charge in [-0.2, -0.15) is 0 Å². The van der Waals surface area contributed by atoms with E-state index in [2.05, 4.69) is 0 Å². The average molecular weight is 317 g/mol. The Morgan fingerprint density at radius 1 is 1.18 bits per heavy atom. The molecule has 0 fully saturated rings. The summed E-state index contributed by atoms with van der Waals surface area (Å²) < 4.78 is 22.0. The molecule has 17 heavy (non-hydrogen) atoms. The molecule has 1 unspecified atom stereocenters. The van der Waals surface area contributed by atoms with Gasteiger partial charge in [0.2, 0.25) is 20.0 Å². The Kier molecular flexibility index (Phi) is 4.66. The lowest BCUT2D eigenvalue weighted by Gasteiger charge is -2.23. The number of alkyl halides is 3. The van der Waals surface area contributed by atoms with Crippen molar-refractivity contribution in [2.45, 2.75) is 14.1 Å². The summed E-state index contributed by atoms with van der Waals surface area (Å²) in [5.41, 5.74) is 0. The van der Waals surface area contributed by atoms with E-state index in [1.165, 1.54) is 24.3 Å². The van der Waals surface area contributed by atoms with Crippen molar-refractivity contribution in [3.8, 4) is 0 Å². The first-order valence-electron chi connectivity index (χ1n) is 4.35. The highest BCUT2D eigenvalue weighted by Crippen LogP contribution is 2.35. The van der Waals surface area contributed by atoms with Crippen LogP contribution in [0.3, 0.4) is 0 Å². The Morgan fingerprint density at radius 3 is 2.12 bits per heavy atom. The summed E-state index contributed by atoms with van der Waals surface area (Å²) in [6.45, 7) is 0. The molecular weight excluding hydrogens is 309 g/mol. The zero-order valence-electron chi connectivity index (χ0n) is 8.31. The molecule has 0 bridgehead atoms. The minimum absolute atomic E-state index is 0.0364. The van der Waals surface area contributed by atoms with E-state index in [0.717, 1.165) is 0 Å². The second-order valence-corrected chi connectivity index (χ2v) is 7.47. The molecular formula is C9H8Cl3NO3S. The molecule has 0 saturated heterocycles. The third kappa shape index (κ3) is 3.48. The smallest absolute Gasteiger partial charge is 0.225 e. The van der Waals surface area contributed by atoms with Crippen LogP contribution in [0.1, 0.15) is 0 Å². The van der Waals surface area contributed by atoms with Crippen molar-refractivity contribution in [2.75, 3.05) is 0 Å². The van der Waals surface area contributed by atoms with Crippen molar-refractivity contribution in [3.05, 3.63) is 30.3 Å². The van der Waals surface area contributed by atoms with Gasteiger partial charge in [-0.25, -0.2) is 8.42 Å². The second kappa shape index (κ2) is 5.44. The van der Waals surface area contributed by atoms with E-state index >= 15 is 0 Å². The highest BCUT2D eigenvalue weighted by molar-refractivity contribution is 7.92. The monoisotopic (exact) mass is 315 g/mol. The van der Waals surface area contributed by atoms with Crippen molar-refractivity contribution in [3.63, 3.8) is 0 Å². The molecule has 0 aromatic heterocycles. The highest BCUT2D eigenvalue weighted by Gasteiger charge is 2.43. The molecule has 1 aromatic carbocycles. The Hall–Kier alpha value is -0.490. The maximum absolute atomic E-state index is 12.1. The molecule has 8 heteroatoms. The van der Waals surface area contributed by atoms with E-state index in [1.54, 1.807) is 6.07 Å². The van der Waals surface area contributed by atoms with E-state index in [-0.39, 0.29) is 11.3 Å². The number of rotatable bonds is 4. The maximum Gasteiger partial charge on any atom is 0.225 e. The van der Waals surface area contributed by atoms with Crippen LogP contribution in [0, 0.1) is 0 Å². The number of amides is 1. The largest absolute Gasteiger partial charge is 0.338 e. The van der Waals surface area contributed by atoms with E-state index in [9.17, 15) is 13.2 Å². The molecule has 4 nitrogen and oxygen atoms in total. The molecule has 1 amide bonds. The van der Waals surface area contributed by atoms with Gasteiger partial charge in [-0.3, -0.25) is 4.79 Å². The van der Waals surface area contributed by atoms with E-state index in [4.69, 9.17) is 34.8 Å². The first-order chi connectivity index (χ1) is 7.80. The van der Waals surface area contributed by atoms with Crippen LogP contribution in [0.2, 0.25) is 0 Å². The SMILES string of the molecule is O=CNC(C(Cl)(Cl)Cl)S(=O)(=O)c1ccccc1. The van der Waals surface area contributed by atoms with Crippen LogP contribution in [-0.2, 0) is 14.6 Å². The van der Waals surface area contributed by atoms with Gasteiger partial charge in [0.25, 0.3) is 0 Å². The van der Waals surface area contributed by atoms with Crippen LogP contribution in [0.4, 0.5) is 0 Å². The lowest BCUT2D eigenvalue weighted by atomic mass is 10.4. The van der Waals surface area contributed by atoms with Crippen LogP contribution in [0.15, 0.2) is 35.2 Å². The maximum atomic E-state index is 12.1. The van der Waals surface area contributed by atoms with Gasteiger partial charge in [0, 0.05) is 0 Å². The molecule has 0 heterocycles. The molecule has 0 saturated carbocycles. The van der Waals surface area contributed by atoms with Crippen molar-refractivity contribution < 1.29 is 13.2 Å². The van der Waals surface area contributed by atoms with Gasteiger partial charge in [-0.15, -0.1) is 0 Å². The van der Waals surface area contributed by atoms with Gasteiger partial charge < -0.3 is 5.32 Å². The van der Waals surface area contributed by atoms with Gasteiger partial charge in [0.15, 0.2) is 5.37 Å². The molecule has 94 valence electrons. The zero-order chi connectivity index (χ0) is 13.1. The summed E-state index contributed by atoms with van der Waals surface area (Å²) in [6, 6.07) is 7.42. The molecule has 0 spiro atoms. The average Bonchev–Trinajstić information content (AvgIpc) is 2.25. The topological polar surface area (TPSA) is 63.2 Å². The molecule has 0 aliphatic carbocycles. The van der Waals surface area contributed by atoms with Gasteiger partial charge in [-0.1, -0.05) is 53.0 Å². The van der Waals surface area contributed by atoms with E-state index < -0.39 is 19.0 Å². The van der Waals surface area contributed by atoms with Crippen LogP contribution < -0.4 is 5.32 Å². The fourth-order valence-electron chi connectivity index (χ4n) is 1.17. The number of nitrogens with one attached hydrogen (secondary N) is 1. The van der Waals surface area contributed by atoms with E-state index in [1.807, 2.05) is 5.32 Å². The fourth-order valence-corrected chi connectivity index (χ4v) is 3.81. The highest BCUT2D eigenvalue weighted by atomic mass is 35.6. The molecule has 0 aliphatic rings. The predicted molar refractivity (Wildman–Crippen MR) is 66.9 cm³/mol. The Labute approximate surface area is 114 Å². The van der Waals surface area contributed by atoms with Crippen molar-refractivity contribution in [1.29, 1.82) is 0 Å². The summed E-state index contributed by atoms with van der Waals surface area (Å²) in [4.78, 5) is 10.4. The first-order valence-corrected chi connectivity index (χ1v) is 7.03. The number of carbonyl (C=O) groups is 1. The molecule has 1 aromatic rings. The summed E-state index contributed by atoms with van der Waals surface area (Å²) in [6.07, 6.45) is 0.174. The summed E-state index contributed by atoms with van der Waals surface area (Å²) in [5.74, 6) is 0. The first kappa shape index (κ1) is 14.6. The Morgan fingerprint density at radius 2 is 1.71 bits per heavy atom. The van der Waals surface area contributed by atoms with E-state index in [0.29, 0.717) is 0 Å². The summed E-state index contributed by atoms with van der Waals surface area (Å²) in [5, 5.41) is 0.358. The summed E-state index contributed by atoms with van der Waals surface area (Å²) in [7, 11) is -3.96. The van der Waals surface area contributed by atoms with Crippen molar-refractivity contribution in [1.82, 2.24) is 5.32 Å². The quantitative estimate of drug-likeness (QED) is 0.681. The van der Waals surface area contributed by atoms with Crippen LogP contribution in [-0.4, -0.2) is 24.0 Å². The van der Waals surface area contributed by atoms with Crippen LogP contribution in [0.25, 0.3) is 0 Å². The molecule has 1 rings (SSSR count). The minimum atomic E-state index is -3.96. The normalized spacial score (nSPS) is 14.1. The van der Waals surface area contributed by atoms with Gasteiger partial charge in [0.1, 0.15) is 0 Å². The lowest BCUT2D eigenvalue weighted by molar-refractivity contribution is -0.109. The third-order valence-corrected chi connectivity index (χ3v) is 4.98. The number of halogens is 3. The molecule has 0 aliphatic heterocycles. The van der Waals surface area contributed by atoms with Crippen molar-refractivity contribution in [2.24, 2.45) is 0 Å². The number of hydrogen-bond acceptors (Lipinski definition) is 3. The van der Waals surface area contributed by atoms with Crippen molar-refractivity contribution >= 4 is 51.1 Å². The number of hydrogen-bond donors (Lipinski definition) is 1. The van der Waals surface area contributed by atoms with Crippen LogP contribution in [0.5, 0.6) is 0 Å². The number of carbonyl (C=O) groups excluding carboxylic acids is 1. The standard InChI is InChI=1S/C9H8Cl3NO3S/c10-9(11,12)8(13-6-14)17(15,16)7-4-2-1-3-5-7/h1-6,8H,(H,13,14). The zero-order valence-corrected chi connectivity index (χ0v) is 11.4. The molecule has 1 atom stereocenters. The summed E-state index contributed by atoms with van der Waals surface area (Å²) >= 11 is 16.6.